The number of aromatic nitrogens is 1. The van der Waals surface area contributed by atoms with Crippen molar-refractivity contribution in [1.29, 1.82) is 0 Å². The number of aliphatic imine (C=N–C) groups is 1. The maximum absolute atomic E-state index is 12.2. The number of piperazine rings is 1. The van der Waals surface area contributed by atoms with Gasteiger partial charge >= 0.3 is 0 Å². The highest BCUT2D eigenvalue weighted by Crippen LogP contribution is 2.12. The van der Waals surface area contributed by atoms with Crippen LogP contribution < -0.4 is 5.32 Å². The molecule has 0 spiro atoms. The van der Waals surface area contributed by atoms with Gasteiger partial charge in [-0.3, -0.25) is 4.99 Å². The summed E-state index contributed by atoms with van der Waals surface area (Å²) in [6, 6.07) is 1.57. The van der Waals surface area contributed by atoms with Crippen LogP contribution in [-0.2, 0) is 15.8 Å². The number of rotatable bonds is 3. The lowest BCUT2D eigenvalue weighted by molar-refractivity contribution is 0.261. The zero-order chi connectivity index (χ0) is 14.6. The highest BCUT2D eigenvalue weighted by atomic mass is 127. The Balaban J connectivity index is 0.00000220. The van der Waals surface area contributed by atoms with Crippen LogP contribution in [0.25, 0.3) is 0 Å². The summed E-state index contributed by atoms with van der Waals surface area (Å²) in [7, 11) is 0.164. The lowest BCUT2D eigenvalue weighted by Gasteiger charge is -2.35. The predicted molar refractivity (Wildman–Crippen MR) is 90.1 cm³/mol. The van der Waals surface area contributed by atoms with E-state index in [9.17, 15) is 8.42 Å². The molecule has 0 amide bonds. The molecule has 8 nitrogen and oxygen atoms in total. The van der Waals surface area contributed by atoms with E-state index < -0.39 is 10.0 Å². The maximum atomic E-state index is 12.2. The SMILES string of the molecule is CN=C(NC)N1CCN(S(=O)(=O)Cc2ccon2)CC1.I. The summed E-state index contributed by atoms with van der Waals surface area (Å²) in [4.78, 5) is 6.15. The second-order valence-electron chi connectivity index (χ2n) is 4.43. The molecule has 120 valence electrons. The first-order chi connectivity index (χ1) is 9.56. The van der Waals surface area contributed by atoms with Gasteiger partial charge in [0.25, 0.3) is 0 Å². The monoisotopic (exact) mass is 429 g/mol. The molecule has 0 bridgehead atoms. The Bertz CT molecular complexity index is 552. The van der Waals surface area contributed by atoms with Crippen molar-refractivity contribution in [3.05, 3.63) is 18.0 Å². The molecule has 1 aromatic rings. The number of nitrogens with zero attached hydrogens (tertiary/aromatic N) is 4. The van der Waals surface area contributed by atoms with Gasteiger partial charge in [-0.15, -0.1) is 24.0 Å². The molecule has 2 heterocycles. The fourth-order valence-corrected chi connectivity index (χ4v) is 3.60. The van der Waals surface area contributed by atoms with Gasteiger partial charge in [-0.05, 0) is 0 Å². The third-order valence-electron chi connectivity index (χ3n) is 3.19. The van der Waals surface area contributed by atoms with Crippen LogP contribution in [0, 0.1) is 0 Å². The van der Waals surface area contributed by atoms with Crippen molar-refractivity contribution >= 4 is 40.0 Å². The van der Waals surface area contributed by atoms with E-state index in [-0.39, 0.29) is 29.7 Å². The van der Waals surface area contributed by atoms with Crippen LogP contribution in [0.15, 0.2) is 21.8 Å². The molecule has 21 heavy (non-hydrogen) atoms. The zero-order valence-electron chi connectivity index (χ0n) is 12.0. The van der Waals surface area contributed by atoms with E-state index in [1.54, 1.807) is 20.2 Å². The standard InChI is InChI=1S/C11H19N5O3S.HI/c1-12-11(13-2)15-4-6-16(7-5-15)20(17,18)9-10-3-8-19-14-10;/h3,8H,4-7,9H2,1-2H3,(H,12,13);1H. The summed E-state index contributed by atoms with van der Waals surface area (Å²) >= 11 is 0. The lowest BCUT2D eigenvalue weighted by Crippen LogP contribution is -2.53. The van der Waals surface area contributed by atoms with E-state index in [1.165, 1.54) is 10.6 Å². The van der Waals surface area contributed by atoms with Gasteiger partial charge in [0.05, 0.1) is 5.69 Å². The third-order valence-corrected chi connectivity index (χ3v) is 5.00. The molecule has 1 aromatic heterocycles. The minimum absolute atomic E-state index is 0. The molecule has 0 unspecified atom stereocenters. The van der Waals surface area contributed by atoms with Crippen molar-refractivity contribution in [2.45, 2.75) is 5.75 Å². The van der Waals surface area contributed by atoms with E-state index in [4.69, 9.17) is 0 Å². The molecule has 0 radical (unpaired) electrons. The van der Waals surface area contributed by atoms with Gasteiger partial charge in [-0.2, -0.15) is 4.31 Å². The summed E-state index contributed by atoms with van der Waals surface area (Å²) in [5.41, 5.74) is 0.429. The largest absolute Gasteiger partial charge is 0.364 e. The van der Waals surface area contributed by atoms with E-state index in [2.05, 4.69) is 20.0 Å². The molecule has 0 atom stereocenters. The van der Waals surface area contributed by atoms with Crippen LogP contribution in [0.5, 0.6) is 0 Å². The Morgan fingerprint density at radius 2 is 2.10 bits per heavy atom. The van der Waals surface area contributed by atoms with Crippen LogP contribution >= 0.6 is 24.0 Å². The average Bonchev–Trinajstić information content (AvgIpc) is 2.93. The Hall–Kier alpha value is -0.880. The number of guanidine groups is 1. The quantitative estimate of drug-likeness (QED) is 0.412. The van der Waals surface area contributed by atoms with Crippen molar-refractivity contribution < 1.29 is 12.9 Å². The van der Waals surface area contributed by atoms with Gasteiger partial charge in [0.1, 0.15) is 12.0 Å². The van der Waals surface area contributed by atoms with Gasteiger partial charge in [0.2, 0.25) is 10.0 Å². The van der Waals surface area contributed by atoms with Gasteiger partial charge < -0.3 is 14.7 Å². The Labute approximate surface area is 141 Å². The molecule has 0 saturated carbocycles. The molecular weight excluding hydrogens is 409 g/mol. The van der Waals surface area contributed by atoms with E-state index >= 15 is 0 Å². The summed E-state index contributed by atoms with van der Waals surface area (Å²) in [5, 5.41) is 6.64. The fraction of sp³-hybridized carbons (Fsp3) is 0.636. The first-order valence-electron chi connectivity index (χ1n) is 6.33. The van der Waals surface area contributed by atoms with Gasteiger partial charge in [0.15, 0.2) is 5.96 Å². The normalized spacial score (nSPS) is 17.4. The molecule has 1 aliphatic heterocycles. The number of hydrogen-bond acceptors (Lipinski definition) is 5. The minimum atomic E-state index is -3.34. The Morgan fingerprint density at radius 3 is 2.57 bits per heavy atom. The summed E-state index contributed by atoms with van der Waals surface area (Å²) in [5.74, 6) is 0.656. The first-order valence-corrected chi connectivity index (χ1v) is 7.94. The lowest BCUT2D eigenvalue weighted by atomic mass is 10.4. The van der Waals surface area contributed by atoms with E-state index in [0.717, 1.165) is 5.96 Å². The number of sulfonamides is 1. The van der Waals surface area contributed by atoms with E-state index in [0.29, 0.717) is 31.9 Å². The Kier molecular flexibility index (Phi) is 6.87. The molecule has 1 N–H and O–H groups in total. The molecule has 1 fully saturated rings. The van der Waals surface area contributed by atoms with Crippen LogP contribution in [0.1, 0.15) is 5.69 Å². The second-order valence-corrected chi connectivity index (χ2v) is 6.40. The Morgan fingerprint density at radius 1 is 1.43 bits per heavy atom. The van der Waals surface area contributed by atoms with Crippen molar-refractivity contribution in [3.63, 3.8) is 0 Å². The van der Waals surface area contributed by atoms with Crippen molar-refractivity contribution in [2.24, 2.45) is 4.99 Å². The molecule has 1 saturated heterocycles. The zero-order valence-corrected chi connectivity index (χ0v) is 15.2. The summed E-state index contributed by atoms with van der Waals surface area (Å²) < 4.78 is 30.6. The molecule has 10 heteroatoms. The second kappa shape index (κ2) is 7.94. The van der Waals surface area contributed by atoms with Crippen LogP contribution in [0.3, 0.4) is 0 Å². The molecule has 2 rings (SSSR count). The highest BCUT2D eigenvalue weighted by Gasteiger charge is 2.28. The first kappa shape index (κ1) is 18.2. The van der Waals surface area contributed by atoms with Crippen molar-refractivity contribution in [3.8, 4) is 0 Å². The number of nitrogens with one attached hydrogen (secondary N) is 1. The van der Waals surface area contributed by atoms with E-state index in [1.807, 2.05) is 4.90 Å². The highest BCUT2D eigenvalue weighted by molar-refractivity contribution is 14.0. The molecular formula is C11H20IN5O3S. The number of halogens is 1. The van der Waals surface area contributed by atoms with Crippen LogP contribution in [0.2, 0.25) is 0 Å². The van der Waals surface area contributed by atoms with Crippen LogP contribution in [0.4, 0.5) is 0 Å². The van der Waals surface area contributed by atoms with Crippen LogP contribution in [-0.4, -0.2) is 69.0 Å². The minimum Gasteiger partial charge on any atom is -0.364 e. The summed E-state index contributed by atoms with van der Waals surface area (Å²) in [6.07, 6.45) is 1.37. The third kappa shape index (κ3) is 4.54. The smallest absolute Gasteiger partial charge is 0.220 e. The molecule has 1 aliphatic rings. The topological polar surface area (TPSA) is 91.0 Å². The molecule has 0 aromatic carbocycles. The average molecular weight is 429 g/mol. The van der Waals surface area contributed by atoms with Crippen molar-refractivity contribution in [2.75, 3.05) is 40.3 Å². The predicted octanol–water partition coefficient (Wildman–Crippen LogP) is -0.0548. The van der Waals surface area contributed by atoms with Crippen molar-refractivity contribution in [1.82, 2.24) is 19.7 Å². The fourth-order valence-electron chi connectivity index (χ4n) is 2.18. The number of hydrogen-bond donors (Lipinski definition) is 1. The molecule has 0 aliphatic carbocycles. The maximum Gasteiger partial charge on any atom is 0.220 e. The van der Waals surface area contributed by atoms with Gasteiger partial charge in [-0.25, -0.2) is 8.42 Å². The van der Waals surface area contributed by atoms with Gasteiger partial charge in [0, 0.05) is 46.3 Å². The van der Waals surface area contributed by atoms with Gasteiger partial charge in [-0.1, -0.05) is 5.16 Å². The summed E-state index contributed by atoms with van der Waals surface area (Å²) in [6.45, 7) is 2.12.